The van der Waals surface area contributed by atoms with Crippen molar-refractivity contribution >= 4 is 5.91 Å². The van der Waals surface area contributed by atoms with Gasteiger partial charge in [-0.25, -0.2) is 0 Å². The van der Waals surface area contributed by atoms with Crippen LogP contribution >= 0.6 is 0 Å². The van der Waals surface area contributed by atoms with Crippen LogP contribution in [0.15, 0.2) is 18.2 Å². The summed E-state index contributed by atoms with van der Waals surface area (Å²) in [6.07, 6.45) is 2.19. The zero-order valence-corrected chi connectivity index (χ0v) is 12.5. The Morgan fingerprint density at radius 1 is 1.45 bits per heavy atom. The molecule has 0 spiro atoms. The van der Waals surface area contributed by atoms with Gasteiger partial charge in [-0.1, -0.05) is 19.1 Å². The highest BCUT2D eigenvalue weighted by Crippen LogP contribution is 2.26. The lowest BCUT2D eigenvalue weighted by Crippen LogP contribution is -2.30. The zero-order chi connectivity index (χ0) is 14.5. The Bertz CT molecular complexity index is 470. The molecule has 1 aromatic carbocycles. The van der Waals surface area contributed by atoms with E-state index in [1.54, 1.807) is 0 Å². The smallest absolute Gasteiger partial charge is 0.258 e. The molecule has 1 atom stereocenters. The summed E-state index contributed by atoms with van der Waals surface area (Å²) in [5.41, 5.74) is 2.23. The zero-order valence-electron chi connectivity index (χ0n) is 12.5. The van der Waals surface area contributed by atoms with Crippen LogP contribution in [0.2, 0.25) is 0 Å². The van der Waals surface area contributed by atoms with Crippen LogP contribution in [0.25, 0.3) is 0 Å². The predicted octanol–water partition coefficient (Wildman–Crippen LogP) is 2.32. The van der Waals surface area contributed by atoms with Gasteiger partial charge in [0.25, 0.3) is 5.91 Å². The fourth-order valence-corrected chi connectivity index (χ4v) is 2.18. The highest BCUT2D eigenvalue weighted by atomic mass is 16.5. The highest BCUT2D eigenvalue weighted by molar-refractivity contribution is 5.78. The molecule has 110 valence electrons. The topological polar surface area (TPSA) is 50.4 Å². The molecule has 1 aliphatic carbocycles. The highest BCUT2D eigenvalue weighted by Gasteiger charge is 2.23. The summed E-state index contributed by atoms with van der Waals surface area (Å²) in [7, 11) is 0. The van der Waals surface area contributed by atoms with E-state index in [9.17, 15) is 4.79 Å². The first-order chi connectivity index (χ1) is 9.60. The predicted molar refractivity (Wildman–Crippen MR) is 79.9 cm³/mol. The van der Waals surface area contributed by atoms with Gasteiger partial charge in [0.2, 0.25) is 0 Å². The Labute approximate surface area is 120 Å². The van der Waals surface area contributed by atoms with Gasteiger partial charge in [0.15, 0.2) is 6.61 Å². The summed E-state index contributed by atoms with van der Waals surface area (Å²) in [5, 5.41) is 6.30. The molecule has 0 saturated heterocycles. The van der Waals surface area contributed by atoms with Gasteiger partial charge in [-0.05, 0) is 44.9 Å². The molecule has 0 radical (unpaired) electrons. The Morgan fingerprint density at radius 3 is 2.85 bits per heavy atom. The molecule has 1 saturated carbocycles. The summed E-state index contributed by atoms with van der Waals surface area (Å²) in [5.74, 6) is 0.764. The van der Waals surface area contributed by atoms with E-state index in [2.05, 4.69) is 36.6 Å². The number of nitrogens with one attached hydrogen (secondary N) is 2. The maximum atomic E-state index is 11.7. The van der Waals surface area contributed by atoms with Gasteiger partial charge in [-0.2, -0.15) is 0 Å². The molecule has 4 nitrogen and oxygen atoms in total. The van der Waals surface area contributed by atoms with Gasteiger partial charge < -0.3 is 15.4 Å². The molecule has 1 fully saturated rings. The summed E-state index contributed by atoms with van der Waals surface area (Å²) < 4.78 is 5.72. The molecule has 4 heteroatoms. The first kappa shape index (κ1) is 14.9. The lowest BCUT2D eigenvalue weighted by molar-refractivity contribution is -0.123. The third-order valence-corrected chi connectivity index (χ3v) is 3.45. The van der Waals surface area contributed by atoms with Crippen molar-refractivity contribution in [2.45, 2.75) is 45.7 Å². The number of carbonyl (C=O) groups excluding carboxylic acids is 1. The van der Waals surface area contributed by atoms with Crippen LogP contribution in [0.3, 0.4) is 0 Å². The van der Waals surface area contributed by atoms with Crippen LogP contribution in [-0.2, 0) is 4.79 Å². The van der Waals surface area contributed by atoms with E-state index in [0.717, 1.165) is 36.3 Å². The van der Waals surface area contributed by atoms with Crippen LogP contribution < -0.4 is 15.4 Å². The molecule has 0 bridgehead atoms. The SMILES string of the molecule is CCNC(C)c1ccc(C)cc1OCC(=O)NC1CC1. The Kier molecular flexibility index (Phi) is 5.01. The fourth-order valence-electron chi connectivity index (χ4n) is 2.18. The number of hydrogen-bond acceptors (Lipinski definition) is 3. The van der Waals surface area contributed by atoms with E-state index < -0.39 is 0 Å². The minimum atomic E-state index is -0.0314. The fraction of sp³-hybridized carbons (Fsp3) is 0.562. The first-order valence-electron chi connectivity index (χ1n) is 7.36. The van der Waals surface area contributed by atoms with Crippen LogP contribution in [0, 0.1) is 6.92 Å². The molecule has 0 aliphatic heterocycles. The van der Waals surface area contributed by atoms with Crippen molar-refractivity contribution in [1.29, 1.82) is 0 Å². The molecule has 1 unspecified atom stereocenters. The lowest BCUT2D eigenvalue weighted by atomic mass is 10.0. The van der Waals surface area contributed by atoms with E-state index in [1.165, 1.54) is 0 Å². The van der Waals surface area contributed by atoms with Crippen LogP contribution in [-0.4, -0.2) is 25.1 Å². The van der Waals surface area contributed by atoms with E-state index in [1.807, 2.05) is 13.0 Å². The molecule has 20 heavy (non-hydrogen) atoms. The average molecular weight is 276 g/mol. The van der Waals surface area contributed by atoms with Crippen molar-refractivity contribution in [1.82, 2.24) is 10.6 Å². The van der Waals surface area contributed by atoms with Crippen LogP contribution in [0.4, 0.5) is 0 Å². The molecule has 1 amide bonds. The second-order valence-corrected chi connectivity index (χ2v) is 5.45. The number of hydrogen-bond donors (Lipinski definition) is 2. The summed E-state index contributed by atoms with van der Waals surface area (Å²) in [4.78, 5) is 11.7. The first-order valence-corrected chi connectivity index (χ1v) is 7.36. The molecular weight excluding hydrogens is 252 g/mol. The van der Waals surface area contributed by atoms with Gasteiger partial charge in [0, 0.05) is 17.6 Å². The van der Waals surface area contributed by atoms with E-state index in [4.69, 9.17) is 4.74 Å². The van der Waals surface area contributed by atoms with Crippen molar-refractivity contribution in [3.63, 3.8) is 0 Å². The number of aryl methyl sites for hydroxylation is 1. The summed E-state index contributed by atoms with van der Waals surface area (Å²) >= 11 is 0. The maximum absolute atomic E-state index is 11.7. The minimum absolute atomic E-state index is 0.0314. The third-order valence-electron chi connectivity index (χ3n) is 3.45. The molecule has 0 heterocycles. The molecule has 1 aromatic rings. The largest absolute Gasteiger partial charge is 0.483 e. The van der Waals surface area contributed by atoms with Gasteiger partial charge in [0.1, 0.15) is 5.75 Å². The lowest BCUT2D eigenvalue weighted by Gasteiger charge is -2.18. The molecular formula is C16H24N2O2. The molecule has 0 aromatic heterocycles. The number of benzene rings is 1. The average Bonchev–Trinajstić information content (AvgIpc) is 3.20. The normalized spacial score (nSPS) is 15.8. The van der Waals surface area contributed by atoms with E-state index in [0.29, 0.717) is 6.04 Å². The second-order valence-electron chi connectivity index (χ2n) is 5.45. The van der Waals surface area contributed by atoms with E-state index in [-0.39, 0.29) is 18.6 Å². The van der Waals surface area contributed by atoms with Gasteiger partial charge in [-0.3, -0.25) is 4.79 Å². The van der Waals surface area contributed by atoms with E-state index >= 15 is 0 Å². The Balaban J connectivity index is 2.00. The molecule has 2 N–H and O–H groups in total. The summed E-state index contributed by atoms with van der Waals surface area (Å²) in [6, 6.07) is 6.72. The molecule has 2 rings (SSSR count). The van der Waals surface area contributed by atoms with Crippen molar-refractivity contribution in [2.75, 3.05) is 13.2 Å². The van der Waals surface area contributed by atoms with Gasteiger partial charge in [-0.15, -0.1) is 0 Å². The second kappa shape index (κ2) is 6.75. The standard InChI is InChI=1S/C16H24N2O2/c1-4-17-12(3)14-8-5-11(2)9-15(14)20-10-16(19)18-13-6-7-13/h5,8-9,12-13,17H,4,6-7,10H2,1-3H3,(H,18,19). The van der Waals surface area contributed by atoms with Gasteiger partial charge in [0.05, 0.1) is 0 Å². The van der Waals surface area contributed by atoms with Crippen LogP contribution in [0.1, 0.15) is 43.9 Å². The number of carbonyl (C=O) groups is 1. The Morgan fingerprint density at radius 2 is 2.20 bits per heavy atom. The Hall–Kier alpha value is -1.55. The molecule has 1 aliphatic rings. The maximum Gasteiger partial charge on any atom is 0.258 e. The van der Waals surface area contributed by atoms with Crippen molar-refractivity contribution in [3.05, 3.63) is 29.3 Å². The van der Waals surface area contributed by atoms with Crippen LogP contribution in [0.5, 0.6) is 5.75 Å². The van der Waals surface area contributed by atoms with Crippen molar-refractivity contribution < 1.29 is 9.53 Å². The monoisotopic (exact) mass is 276 g/mol. The van der Waals surface area contributed by atoms with Crippen molar-refractivity contribution in [2.24, 2.45) is 0 Å². The number of amides is 1. The number of ether oxygens (including phenoxy) is 1. The third kappa shape index (κ3) is 4.23. The quantitative estimate of drug-likeness (QED) is 0.803. The number of rotatable bonds is 7. The van der Waals surface area contributed by atoms with Gasteiger partial charge >= 0.3 is 0 Å². The minimum Gasteiger partial charge on any atom is -0.483 e. The summed E-state index contributed by atoms with van der Waals surface area (Å²) in [6.45, 7) is 7.20. The van der Waals surface area contributed by atoms with Crippen molar-refractivity contribution in [3.8, 4) is 5.75 Å².